The van der Waals surface area contributed by atoms with Crippen LogP contribution in [-0.4, -0.2) is 64.9 Å². The Balaban J connectivity index is 1.75. The Bertz CT molecular complexity index is 1190. The summed E-state index contributed by atoms with van der Waals surface area (Å²) in [5, 5.41) is 2.63. The van der Waals surface area contributed by atoms with Crippen molar-refractivity contribution in [3.8, 4) is 17.2 Å². The number of sulfonamides is 1. The second-order valence-electron chi connectivity index (χ2n) is 8.39. The lowest BCUT2D eigenvalue weighted by Crippen LogP contribution is -2.48. The Labute approximate surface area is 212 Å². The van der Waals surface area contributed by atoms with Crippen molar-refractivity contribution in [3.63, 3.8) is 0 Å². The van der Waals surface area contributed by atoms with E-state index in [4.69, 9.17) is 14.2 Å². The minimum absolute atomic E-state index is 0.0635. The predicted octanol–water partition coefficient (Wildman–Crippen LogP) is 2.52. The fourth-order valence-electron chi connectivity index (χ4n) is 4.10. The molecule has 1 aliphatic heterocycles. The van der Waals surface area contributed by atoms with Gasteiger partial charge in [0.15, 0.2) is 11.5 Å². The smallest absolute Gasteiger partial charge is 0.242 e. The fraction of sp³-hybridized carbons (Fsp3) is 0.440. The van der Waals surface area contributed by atoms with Gasteiger partial charge in [-0.05, 0) is 42.7 Å². The number of likely N-dealkylation sites (N-methyl/N-ethyl adjacent to an activating group) is 1. The lowest BCUT2D eigenvalue weighted by atomic mass is 10.1. The summed E-state index contributed by atoms with van der Waals surface area (Å²) in [5.41, 5.74) is 1.25. The molecular weight excluding hydrogens is 486 g/mol. The second-order valence-corrected chi connectivity index (χ2v) is 10.3. The van der Waals surface area contributed by atoms with Crippen LogP contribution in [0.25, 0.3) is 0 Å². The van der Waals surface area contributed by atoms with E-state index in [1.165, 1.54) is 11.4 Å². The van der Waals surface area contributed by atoms with Crippen molar-refractivity contribution in [3.05, 3.63) is 48.0 Å². The molecule has 2 aromatic rings. The van der Waals surface area contributed by atoms with E-state index in [1.807, 2.05) is 31.2 Å². The van der Waals surface area contributed by atoms with Crippen LogP contribution < -0.4 is 23.8 Å². The summed E-state index contributed by atoms with van der Waals surface area (Å²) >= 11 is 0. The molecule has 11 heteroatoms. The summed E-state index contributed by atoms with van der Waals surface area (Å²) in [6, 6.07) is 11.6. The Morgan fingerprint density at radius 1 is 1.14 bits per heavy atom. The predicted molar refractivity (Wildman–Crippen MR) is 136 cm³/mol. The number of carbonyl (C=O) groups is 2. The molecule has 3 rings (SSSR count). The van der Waals surface area contributed by atoms with E-state index in [9.17, 15) is 18.0 Å². The zero-order chi connectivity index (χ0) is 26.3. The maximum Gasteiger partial charge on any atom is 0.242 e. The van der Waals surface area contributed by atoms with Crippen molar-refractivity contribution in [1.29, 1.82) is 0 Å². The molecule has 10 nitrogen and oxygen atoms in total. The average molecular weight is 520 g/mol. The van der Waals surface area contributed by atoms with Crippen molar-refractivity contribution in [2.45, 2.75) is 38.8 Å². The van der Waals surface area contributed by atoms with Gasteiger partial charge >= 0.3 is 0 Å². The summed E-state index contributed by atoms with van der Waals surface area (Å²) in [7, 11) is -0.513. The molecule has 0 saturated carbocycles. The number of amides is 2. The van der Waals surface area contributed by atoms with Gasteiger partial charge in [-0.1, -0.05) is 19.1 Å². The van der Waals surface area contributed by atoms with Gasteiger partial charge in [-0.3, -0.25) is 13.9 Å². The number of methoxy groups -OCH3 is 1. The first-order valence-corrected chi connectivity index (χ1v) is 13.5. The van der Waals surface area contributed by atoms with Gasteiger partial charge in [-0.2, -0.15) is 0 Å². The molecule has 1 unspecified atom stereocenters. The minimum atomic E-state index is -3.61. The number of nitrogens with one attached hydrogen (secondary N) is 1. The van der Waals surface area contributed by atoms with Crippen LogP contribution in [-0.2, 0) is 26.2 Å². The van der Waals surface area contributed by atoms with Gasteiger partial charge in [0, 0.05) is 32.6 Å². The first-order valence-electron chi connectivity index (χ1n) is 11.7. The Morgan fingerprint density at radius 2 is 1.89 bits per heavy atom. The Hall–Kier alpha value is -3.47. The highest BCUT2D eigenvalue weighted by Gasteiger charge is 2.28. The molecule has 36 heavy (non-hydrogen) atoms. The van der Waals surface area contributed by atoms with Gasteiger partial charge in [0.1, 0.15) is 11.8 Å². The molecule has 1 heterocycles. The summed E-state index contributed by atoms with van der Waals surface area (Å²) in [6.45, 7) is 2.24. The molecule has 196 valence electrons. The van der Waals surface area contributed by atoms with Crippen LogP contribution in [0.3, 0.4) is 0 Å². The number of nitrogens with zero attached hydrogens (tertiary/aromatic N) is 2. The minimum Gasteiger partial charge on any atom is -0.497 e. The van der Waals surface area contributed by atoms with Gasteiger partial charge in [-0.25, -0.2) is 8.42 Å². The molecule has 2 amide bonds. The van der Waals surface area contributed by atoms with E-state index in [-0.39, 0.29) is 44.5 Å². The number of hydrogen-bond donors (Lipinski definition) is 1. The van der Waals surface area contributed by atoms with Crippen LogP contribution in [0.2, 0.25) is 0 Å². The van der Waals surface area contributed by atoms with E-state index < -0.39 is 16.1 Å². The fourth-order valence-corrected chi connectivity index (χ4v) is 5.06. The number of rotatable bonds is 12. The highest BCUT2D eigenvalue weighted by atomic mass is 32.2. The van der Waals surface area contributed by atoms with Crippen LogP contribution in [0.1, 0.15) is 31.7 Å². The van der Waals surface area contributed by atoms with Gasteiger partial charge in [0.25, 0.3) is 0 Å². The molecule has 1 aliphatic rings. The summed E-state index contributed by atoms with van der Waals surface area (Å²) in [6.07, 6.45) is 1.88. The molecule has 2 aromatic carbocycles. The van der Waals surface area contributed by atoms with Crippen LogP contribution in [0.5, 0.6) is 17.2 Å². The SMILES string of the molecule is CCC(C(=O)NC)N(Cc1cccc(OC)c1)C(=O)CCCN(c1ccc2c(c1)OCO2)S(C)(=O)=O. The van der Waals surface area contributed by atoms with Crippen molar-refractivity contribution in [1.82, 2.24) is 10.2 Å². The number of ether oxygens (including phenoxy) is 3. The second kappa shape index (κ2) is 12.0. The van der Waals surface area contributed by atoms with Crippen LogP contribution >= 0.6 is 0 Å². The molecule has 0 radical (unpaired) electrons. The molecular formula is C25H33N3O7S. The van der Waals surface area contributed by atoms with E-state index in [1.54, 1.807) is 30.2 Å². The molecule has 0 spiro atoms. The monoisotopic (exact) mass is 519 g/mol. The highest BCUT2D eigenvalue weighted by molar-refractivity contribution is 7.92. The quantitative estimate of drug-likeness (QED) is 0.458. The van der Waals surface area contributed by atoms with Gasteiger partial charge in [0.05, 0.1) is 19.1 Å². The largest absolute Gasteiger partial charge is 0.497 e. The zero-order valence-electron chi connectivity index (χ0n) is 21.0. The van der Waals surface area contributed by atoms with Crippen molar-refractivity contribution >= 4 is 27.5 Å². The summed E-state index contributed by atoms with van der Waals surface area (Å²) in [4.78, 5) is 27.4. The molecule has 1 atom stereocenters. The third-order valence-corrected chi connectivity index (χ3v) is 7.11. The van der Waals surface area contributed by atoms with Crippen molar-refractivity contribution in [2.75, 3.05) is 38.1 Å². The average Bonchev–Trinajstić information content (AvgIpc) is 3.33. The van der Waals surface area contributed by atoms with E-state index >= 15 is 0 Å². The third-order valence-electron chi connectivity index (χ3n) is 5.92. The number of hydrogen-bond acceptors (Lipinski definition) is 7. The van der Waals surface area contributed by atoms with Gasteiger partial charge < -0.3 is 24.4 Å². The normalized spacial score (nSPS) is 13.1. The van der Waals surface area contributed by atoms with Gasteiger partial charge in [-0.15, -0.1) is 0 Å². The van der Waals surface area contributed by atoms with Crippen LogP contribution in [0.4, 0.5) is 5.69 Å². The molecule has 0 aliphatic carbocycles. The molecule has 1 N–H and O–H groups in total. The number of fused-ring (bicyclic) bond motifs is 1. The molecule has 0 saturated heterocycles. The topological polar surface area (TPSA) is 114 Å². The number of carbonyl (C=O) groups excluding carboxylic acids is 2. The van der Waals surface area contributed by atoms with E-state index in [0.29, 0.717) is 29.4 Å². The number of anilines is 1. The maximum absolute atomic E-state index is 13.4. The lowest BCUT2D eigenvalue weighted by molar-refractivity contribution is -0.141. The first-order chi connectivity index (χ1) is 17.2. The van der Waals surface area contributed by atoms with Gasteiger partial charge in [0.2, 0.25) is 28.6 Å². The highest BCUT2D eigenvalue weighted by Crippen LogP contribution is 2.36. The maximum atomic E-state index is 13.4. The third kappa shape index (κ3) is 6.60. The number of benzene rings is 2. The van der Waals surface area contributed by atoms with Crippen LogP contribution in [0.15, 0.2) is 42.5 Å². The summed E-state index contributed by atoms with van der Waals surface area (Å²) < 4.78 is 42.2. The lowest BCUT2D eigenvalue weighted by Gasteiger charge is -2.31. The standard InChI is InChI=1S/C25H33N3O7S/c1-5-21(25(30)26-2)27(16-18-8-6-9-20(14-18)33-3)24(29)10-7-13-28(36(4,31)32)19-11-12-22-23(15-19)35-17-34-22/h6,8-9,11-12,14-15,21H,5,7,10,13,16-17H2,1-4H3,(H,26,30). The molecule has 0 bridgehead atoms. The zero-order valence-corrected chi connectivity index (χ0v) is 21.8. The summed E-state index contributed by atoms with van der Waals surface area (Å²) in [5.74, 6) is 1.17. The Morgan fingerprint density at radius 3 is 2.56 bits per heavy atom. The van der Waals surface area contributed by atoms with Crippen LogP contribution in [0, 0.1) is 0 Å². The van der Waals surface area contributed by atoms with E-state index in [2.05, 4.69) is 5.32 Å². The van der Waals surface area contributed by atoms with E-state index in [0.717, 1.165) is 11.8 Å². The van der Waals surface area contributed by atoms with Crippen molar-refractivity contribution < 1.29 is 32.2 Å². The van der Waals surface area contributed by atoms with Crippen molar-refractivity contribution in [2.24, 2.45) is 0 Å². The first kappa shape index (κ1) is 27.1. The molecule has 0 aromatic heterocycles. The Kier molecular flexibility index (Phi) is 9.03. The molecule has 0 fully saturated rings.